The summed E-state index contributed by atoms with van der Waals surface area (Å²) in [7, 11) is -3.50. The van der Waals surface area contributed by atoms with Crippen LogP contribution in [-0.2, 0) is 21.4 Å². The van der Waals surface area contributed by atoms with E-state index in [1.54, 1.807) is 36.4 Å². The van der Waals surface area contributed by atoms with Crippen LogP contribution in [0.4, 0.5) is 0 Å². The van der Waals surface area contributed by atoms with Crippen LogP contribution in [0.1, 0.15) is 11.1 Å². The molecule has 7 heteroatoms. The maximum atomic E-state index is 12.1. The fourth-order valence-electron chi connectivity index (χ4n) is 1.87. The normalized spacial score (nSPS) is 11.6. The lowest BCUT2D eigenvalue weighted by Gasteiger charge is -2.08. The number of nitrogens with one attached hydrogen (secondary N) is 1. The molecule has 0 fully saturated rings. The summed E-state index contributed by atoms with van der Waals surface area (Å²) in [4.78, 5) is 0.243. The van der Waals surface area contributed by atoms with Crippen LogP contribution in [0.15, 0.2) is 47.4 Å². The molecule has 2 rings (SSSR count). The van der Waals surface area contributed by atoms with Crippen LogP contribution in [0.25, 0.3) is 0 Å². The van der Waals surface area contributed by atoms with Crippen LogP contribution in [0.2, 0.25) is 10.0 Å². The fraction of sp³-hybridized carbons (Fsp3) is 0.250. The van der Waals surface area contributed by atoms with E-state index in [4.69, 9.17) is 27.9 Å². The van der Waals surface area contributed by atoms with Crippen LogP contribution in [-0.4, -0.2) is 21.6 Å². The topological polar surface area (TPSA) is 55.4 Å². The lowest BCUT2D eigenvalue weighted by molar-refractivity contribution is 0.126. The number of ether oxygens (including phenoxy) is 1. The predicted molar refractivity (Wildman–Crippen MR) is 92.5 cm³/mol. The maximum Gasteiger partial charge on any atom is 0.240 e. The summed E-state index contributed by atoms with van der Waals surface area (Å²) < 4.78 is 32.1. The van der Waals surface area contributed by atoms with Crippen molar-refractivity contribution >= 4 is 33.2 Å². The van der Waals surface area contributed by atoms with Crippen molar-refractivity contribution in [2.45, 2.75) is 18.4 Å². The molecule has 0 amide bonds. The molecule has 0 spiro atoms. The van der Waals surface area contributed by atoms with Crippen molar-refractivity contribution in [1.29, 1.82) is 0 Å². The van der Waals surface area contributed by atoms with E-state index in [9.17, 15) is 8.42 Å². The van der Waals surface area contributed by atoms with E-state index in [1.165, 1.54) is 0 Å². The fourth-order valence-corrected chi connectivity index (χ4v) is 3.20. The summed E-state index contributed by atoms with van der Waals surface area (Å²) in [6.07, 6.45) is 0. The second-order valence-corrected chi connectivity index (χ2v) is 7.59. The first-order valence-corrected chi connectivity index (χ1v) is 9.20. The highest BCUT2D eigenvalue weighted by atomic mass is 35.5. The standard InChI is InChI=1S/C16H17Cl2NO3S/c1-12-2-5-14(6-3-12)23(20,21)19-8-9-22-11-13-4-7-15(17)16(18)10-13/h2-7,10,19H,8-9,11H2,1H3. The van der Waals surface area contributed by atoms with Gasteiger partial charge in [0.2, 0.25) is 10.0 Å². The summed E-state index contributed by atoms with van der Waals surface area (Å²) in [5.74, 6) is 0. The first-order valence-electron chi connectivity index (χ1n) is 6.96. The molecule has 2 aromatic carbocycles. The second-order valence-electron chi connectivity index (χ2n) is 5.01. The number of rotatable bonds is 7. The van der Waals surface area contributed by atoms with Gasteiger partial charge < -0.3 is 4.74 Å². The van der Waals surface area contributed by atoms with Crippen molar-refractivity contribution in [3.8, 4) is 0 Å². The van der Waals surface area contributed by atoms with Gasteiger partial charge in [-0.05, 0) is 36.8 Å². The Balaban J connectivity index is 1.78. The minimum Gasteiger partial charge on any atom is -0.375 e. The Morgan fingerprint density at radius 3 is 2.39 bits per heavy atom. The van der Waals surface area contributed by atoms with Gasteiger partial charge >= 0.3 is 0 Å². The van der Waals surface area contributed by atoms with Gasteiger partial charge in [-0.15, -0.1) is 0 Å². The van der Waals surface area contributed by atoms with E-state index in [0.717, 1.165) is 11.1 Å². The minimum atomic E-state index is -3.50. The molecule has 0 aromatic heterocycles. The zero-order chi connectivity index (χ0) is 16.9. The Morgan fingerprint density at radius 1 is 1.04 bits per heavy atom. The van der Waals surface area contributed by atoms with Crippen molar-refractivity contribution in [2.24, 2.45) is 0 Å². The molecule has 0 saturated carbocycles. The molecule has 0 heterocycles. The molecule has 0 unspecified atom stereocenters. The second kappa shape index (κ2) is 8.13. The van der Waals surface area contributed by atoms with Gasteiger partial charge in [0.25, 0.3) is 0 Å². The molecular weight excluding hydrogens is 357 g/mol. The van der Waals surface area contributed by atoms with Crippen molar-refractivity contribution in [1.82, 2.24) is 4.72 Å². The number of halogens is 2. The highest BCUT2D eigenvalue weighted by Gasteiger charge is 2.12. The van der Waals surface area contributed by atoms with Crippen molar-refractivity contribution < 1.29 is 13.2 Å². The number of hydrogen-bond acceptors (Lipinski definition) is 3. The van der Waals surface area contributed by atoms with Crippen LogP contribution in [0.3, 0.4) is 0 Å². The Hall–Kier alpha value is -1.11. The molecule has 1 N–H and O–H groups in total. The summed E-state index contributed by atoms with van der Waals surface area (Å²) in [6.45, 7) is 2.69. The first-order chi connectivity index (χ1) is 10.9. The molecule has 4 nitrogen and oxygen atoms in total. The molecule has 0 radical (unpaired) electrons. The highest BCUT2D eigenvalue weighted by Crippen LogP contribution is 2.22. The largest absolute Gasteiger partial charge is 0.375 e. The molecule has 2 aromatic rings. The Kier molecular flexibility index (Phi) is 6.44. The van der Waals surface area contributed by atoms with Gasteiger partial charge in [0.05, 0.1) is 28.2 Å². The van der Waals surface area contributed by atoms with Gasteiger partial charge in [-0.25, -0.2) is 13.1 Å². The first kappa shape index (κ1) is 18.2. The lowest BCUT2D eigenvalue weighted by atomic mass is 10.2. The smallest absolute Gasteiger partial charge is 0.240 e. The van der Waals surface area contributed by atoms with E-state index in [-0.39, 0.29) is 18.0 Å². The van der Waals surface area contributed by atoms with Crippen LogP contribution in [0, 0.1) is 6.92 Å². The summed E-state index contributed by atoms with van der Waals surface area (Å²) in [5, 5.41) is 0.953. The van der Waals surface area contributed by atoms with E-state index < -0.39 is 10.0 Å². The quantitative estimate of drug-likeness (QED) is 0.750. The number of sulfonamides is 1. The van der Waals surface area contributed by atoms with E-state index in [2.05, 4.69) is 4.72 Å². The number of benzene rings is 2. The minimum absolute atomic E-state index is 0.192. The number of hydrogen-bond donors (Lipinski definition) is 1. The highest BCUT2D eigenvalue weighted by molar-refractivity contribution is 7.89. The molecule has 0 aliphatic carbocycles. The molecular formula is C16H17Cl2NO3S. The average Bonchev–Trinajstić information content (AvgIpc) is 2.51. The maximum absolute atomic E-state index is 12.1. The van der Waals surface area contributed by atoms with Gasteiger partial charge in [0.15, 0.2) is 0 Å². The third kappa shape index (κ3) is 5.48. The average molecular weight is 374 g/mol. The van der Waals surface area contributed by atoms with Crippen molar-refractivity contribution in [3.05, 3.63) is 63.6 Å². The Morgan fingerprint density at radius 2 is 1.74 bits per heavy atom. The third-order valence-electron chi connectivity index (χ3n) is 3.12. The van der Waals surface area contributed by atoms with E-state index >= 15 is 0 Å². The van der Waals surface area contributed by atoms with Crippen LogP contribution >= 0.6 is 23.2 Å². The number of aryl methyl sites for hydroxylation is 1. The van der Waals surface area contributed by atoms with Gasteiger partial charge in [-0.3, -0.25) is 0 Å². The molecule has 0 atom stereocenters. The van der Waals surface area contributed by atoms with Gasteiger partial charge in [0.1, 0.15) is 0 Å². The monoisotopic (exact) mass is 373 g/mol. The molecule has 0 bridgehead atoms. The summed E-state index contributed by atoms with van der Waals surface area (Å²) in [6, 6.07) is 11.9. The zero-order valence-corrected chi connectivity index (χ0v) is 14.9. The summed E-state index contributed by atoms with van der Waals surface area (Å²) in [5.41, 5.74) is 1.88. The van der Waals surface area contributed by atoms with E-state index in [0.29, 0.717) is 16.7 Å². The SMILES string of the molecule is Cc1ccc(S(=O)(=O)NCCOCc2ccc(Cl)c(Cl)c2)cc1. The van der Waals surface area contributed by atoms with Crippen LogP contribution in [0.5, 0.6) is 0 Å². The van der Waals surface area contributed by atoms with Gasteiger partial charge in [-0.1, -0.05) is 47.0 Å². The van der Waals surface area contributed by atoms with Gasteiger partial charge in [0, 0.05) is 6.54 Å². The molecule has 0 saturated heterocycles. The summed E-state index contributed by atoms with van der Waals surface area (Å²) >= 11 is 11.7. The Labute approximate surface area is 146 Å². The Bertz CT molecular complexity index is 761. The lowest BCUT2D eigenvalue weighted by Crippen LogP contribution is -2.27. The third-order valence-corrected chi connectivity index (χ3v) is 5.34. The predicted octanol–water partition coefficient (Wildman–Crippen LogP) is 3.80. The van der Waals surface area contributed by atoms with E-state index in [1.807, 2.05) is 13.0 Å². The van der Waals surface area contributed by atoms with Crippen LogP contribution < -0.4 is 4.72 Å². The molecule has 0 aliphatic rings. The van der Waals surface area contributed by atoms with Crippen molar-refractivity contribution in [2.75, 3.05) is 13.2 Å². The molecule has 0 aliphatic heterocycles. The molecule has 23 heavy (non-hydrogen) atoms. The molecule has 124 valence electrons. The van der Waals surface area contributed by atoms with Gasteiger partial charge in [-0.2, -0.15) is 0 Å². The zero-order valence-electron chi connectivity index (χ0n) is 12.6. The van der Waals surface area contributed by atoms with Crippen molar-refractivity contribution in [3.63, 3.8) is 0 Å².